The van der Waals surface area contributed by atoms with Crippen molar-refractivity contribution in [2.45, 2.75) is 39.0 Å². The van der Waals surface area contributed by atoms with E-state index in [4.69, 9.17) is 4.74 Å². The number of hydrogen-bond donors (Lipinski definition) is 1. The van der Waals surface area contributed by atoms with E-state index < -0.39 is 8.07 Å². The van der Waals surface area contributed by atoms with E-state index in [9.17, 15) is 0 Å². The van der Waals surface area contributed by atoms with Crippen LogP contribution in [0.5, 0.6) is 0 Å². The third-order valence-corrected chi connectivity index (χ3v) is 5.26. The summed E-state index contributed by atoms with van der Waals surface area (Å²) in [6.45, 7) is 12.4. The lowest BCUT2D eigenvalue weighted by molar-refractivity contribution is 0.198. The first kappa shape index (κ1) is 17.4. The second kappa shape index (κ2) is 8.60. The highest BCUT2D eigenvalue weighted by molar-refractivity contribution is 6.76. The van der Waals surface area contributed by atoms with Gasteiger partial charge in [-0.05, 0) is 31.4 Å². The number of methoxy groups -OCH3 is 1. The molecule has 1 unspecified atom stereocenters. The highest BCUT2D eigenvalue weighted by Crippen LogP contribution is 2.20. The predicted octanol–water partition coefficient (Wildman–Crippen LogP) is 3.73. The number of aryl methyl sites for hydroxylation is 1. The van der Waals surface area contributed by atoms with Gasteiger partial charge in [-0.3, -0.25) is 0 Å². The van der Waals surface area contributed by atoms with Crippen molar-refractivity contribution in [1.29, 1.82) is 0 Å². The van der Waals surface area contributed by atoms with Crippen LogP contribution in [0.4, 0.5) is 0 Å². The molecule has 0 saturated carbocycles. The van der Waals surface area contributed by atoms with Gasteiger partial charge in [0.1, 0.15) is 0 Å². The third kappa shape index (κ3) is 7.83. The van der Waals surface area contributed by atoms with Gasteiger partial charge in [-0.1, -0.05) is 55.5 Å². The molecule has 114 valence electrons. The number of benzene rings is 1. The largest absolute Gasteiger partial charge is 0.383 e. The Balaban J connectivity index is 2.54. The summed E-state index contributed by atoms with van der Waals surface area (Å²) in [6, 6.07) is 10.4. The minimum atomic E-state index is -1.02. The lowest BCUT2D eigenvalue weighted by atomic mass is 10.00. The van der Waals surface area contributed by atoms with Crippen molar-refractivity contribution in [2.24, 2.45) is 5.92 Å². The Morgan fingerprint density at radius 2 is 1.80 bits per heavy atom. The van der Waals surface area contributed by atoms with E-state index in [2.05, 4.69) is 56.1 Å². The summed E-state index contributed by atoms with van der Waals surface area (Å²) in [7, 11) is 0.733. The summed E-state index contributed by atoms with van der Waals surface area (Å²) in [5.74, 6) is 0.737. The summed E-state index contributed by atoms with van der Waals surface area (Å²) < 4.78 is 5.10. The van der Waals surface area contributed by atoms with Crippen molar-refractivity contribution in [3.8, 4) is 0 Å². The molecule has 1 atom stereocenters. The molecule has 0 bridgehead atoms. The highest BCUT2D eigenvalue weighted by atomic mass is 28.3. The Labute approximate surface area is 125 Å². The molecule has 0 radical (unpaired) electrons. The van der Waals surface area contributed by atoms with Gasteiger partial charge in [0.05, 0.1) is 6.61 Å². The van der Waals surface area contributed by atoms with E-state index >= 15 is 0 Å². The molecule has 0 aliphatic heterocycles. The summed E-state index contributed by atoms with van der Waals surface area (Å²) in [6.07, 6.45) is 1.19. The highest BCUT2D eigenvalue weighted by Gasteiger charge is 2.20. The molecule has 1 N–H and O–H groups in total. The van der Waals surface area contributed by atoms with Gasteiger partial charge < -0.3 is 10.1 Å². The van der Waals surface area contributed by atoms with Crippen molar-refractivity contribution in [3.63, 3.8) is 0 Å². The molecule has 0 aliphatic rings. The van der Waals surface area contributed by atoms with E-state index in [-0.39, 0.29) is 0 Å². The standard InChI is InChI=1S/C17H31NOSi/c1-15-6-8-16(9-7-15)12-17(14-20(3,4)5)13-18-10-11-19-2/h6-9,17-18H,10-14H2,1-5H3. The maximum Gasteiger partial charge on any atom is 0.0587 e. The topological polar surface area (TPSA) is 21.3 Å². The zero-order chi connectivity index (χ0) is 15.0. The number of nitrogens with one attached hydrogen (secondary N) is 1. The van der Waals surface area contributed by atoms with Crippen LogP contribution in [0.2, 0.25) is 25.7 Å². The van der Waals surface area contributed by atoms with E-state index in [1.807, 2.05) is 0 Å². The lowest BCUT2D eigenvalue weighted by Gasteiger charge is -2.25. The Morgan fingerprint density at radius 1 is 1.15 bits per heavy atom. The first-order valence-electron chi connectivity index (χ1n) is 7.66. The number of hydrogen-bond acceptors (Lipinski definition) is 2. The van der Waals surface area contributed by atoms with Crippen LogP contribution in [0, 0.1) is 12.8 Å². The predicted molar refractivity (Wildman–Crippen MR) is 91.3 cm³/mol. The van der Waals surface area contributed by atoms with Crippen LogP contribution in [-0.4, -0.2) is 34.9 Å². The summed E-state index contributed by atoms with van der Waals surface area (Å²) in [5.41, 5.74) is 2.81. The number of ether oxygens (including phenoxy) is 1. The van der Waals surface area contributed by atoms with Crippen LogP contribution in [0.1, 0.15) is 11.1 Å². The van der Waals surface area contributed by atoms with Gasteiger partial charge >= 0.3 is 0 Å². The summed E-state index contributed by atoms with van der Waals surface area (Å²) in [4.78, 5) is 0. The van der Waals surface area contributed by atoms with E-state index in [1.165, 1.54) is 23.6 Å². The van der Waals surface area contributed by atoms with Gasteiger partial charge in [-0.2, -0.15) is 0 Å². The molecule has 0 saturated heterocycles. The van der Waals surface area contributed by atoms with E-state index in [1.54, 1.807) is 7.11 Å². The third-order valence-electron chi connectivity index (χ3n) is 3.46. The van der Waals surface area contributed by atoms with Crippen LogP contribution in [0.3, 0.4) is 0 Å². The van der Waals surface area contributed by atoms with Crippen LogP contribution >= 0.6 is 0 Å². The zero-order valence-corrected chi connectivity index (χ0v) is 14.8. The van der Waals surface area contributed by atoms with Gasteiger partial charge in [0.15, 0.2) is 0 Å². The van der Waals surface area contributed by atoms with Crippen molar-refractivity contribution in [3.05, 3.63) is 35.4 Å². The normalized spacial score (nSPS) is 13.4. The van der Waals surface area contributed by atoms with Crippen LogP contribution in [0.15, 0.2) is 24.3 Å². The molecular weight excluding hydrogens is 262 g/mol. The van der Waals surface area contributed by atoms with Gasteiger partial charge in [-0.25, -0.2) is 0 Å². The van der Waals surface area contributed by atoms with Crippen molar-refractivity contribution < 1.29 is 4.74 Å². The minimum absolute atomic E-state index is 0.737. The average molecular weight is 294 g/mol. The van der Waals surface area contributed by atoms with Gasteiger partial charge in [-0.15, -0.1) is 0 Å². The first-order valence-corrected chi connectivity index (χ1v) is 11.4. The molecule has 2 nitrogen and oxygen atoms in total. The molecule has 1 rings (SSSR count). The molecule has 0 aromatic heterocycles. The molecule has 0 spiro atoms. The van der Waals surface area contributed by atoms with E-state index in [0.29, 0.717) is 0 Å². The van der Waals surface area contributed by atoms with Crippen molar-refractivity contribution in [2.75, 3.05) is 26.8 Å². The van der Waals surface area contributed by atoms with Gasteiger partial charge in [0.2, 0.25) is 0 Å². The quantitative estimate of drug-likeness (QED) is 0.553. The molecule has 0 fully saturated rings. The molecule has 20 heavy (non-hydrogen) atoms. The Kier molecular flexibility index (Phi) is 7.49. The Bertz CT molecular complexity index is 370. The van der Waals surface area contributed by atoms with Crippen LogP contribution < -0.4 is 5.32 Å². The maximum absolute atomic E-state index is 5.10. The SMILES string of the molecule is COCCNCC(Cc1ccc(C)cc1)C[Si](C)(C)C. The van der Waals surface area contributed by atoms with Crippen LogP contribution in [0.25, 0.3) is 0 Å². The molecule has 0 amide bonds. The van der Waals surface area contributed by atoms with Crippen LogP contribution in [-0.2, 0) is 11.2 Å². The molecule has 3 heteroatoms. The van der Waals surface area contributed by atoms with Crippen molar-refractivity contribution >= 4 is 8.07 Å². The first-order chi connectivity index (χ1) is 9.40. The zero-order valence-electron chi connectivity index (χ0n) is 13.8. The molecule has 0 aliphatic carbocycles. The minimum Gasteiger partial charge on any atom is -0.383 e. The smallest absolute Gasteiger partial charge is 0.0587 e. The second-order valence-electron chi connectivity index (χ2n) is 7.02. The summed E-state index contributed by atoms with van der Waals surface area (Å²) >= 11 is 0. The fourth-order valence-corrected chi connectivity index (χ4v) is 4.64. The fourth-order valence-electron chi connectivity index (χ4n) is 2.62. The Morgan fingerprint density at radius 3 is 2.35 bits per heavy atom. The maximum atomic E-state index is 5.10. The average Bonchev–Trinajstić information content (AvgIpc) is 2.35. The fraction of sp³-hybridized carbons (Fsp3) is 0.647. The molecule has 1 aromatic rings. The molecular formula is C17H31NOSi. The molecule has 0 heterocycles. The lowest BCUT2D eigenvalue weighted by Crippen LogP contribution is -2.33. The van der Waals surface area contributed by atoms with E-state index in [0.717, 1.165) is 25.6 Å². The number of rotatable bonds is 9. The summed E-state index contributed by atoms with van der Waals surface area (Å²) in [5, 5.41) is 3.54. The van der Waals surface area contributed by atoms with Gasteiger partial charge in [0.25, 0.3) is 0 Å². The molecule has 1 aromatic carbocycles. The Hall–Kier alpha value is -0.643. The van der Waals surface area contributed by atoms with Gasteiger partial charge in [0, 0.05) is 21.7 Å². The second-order valence-corrected chi connectivity index (χ2v) is 12.5. The monoisotopic (exact) mass is 293 g/mol. The van der Waals surface area contributed by atoms with Crippen molar-refractivity contribution in [1.82, 2.24) is 5.32 Å².